The summed E-state index contributed by atoms with van der Waals surface area (Å²) in [6, 6.07) is 0. The third-order valence-electron chi connectivity index (χ3n) is 1.43. The smallest absolute Gasteiger partial charge is 0.142 e. The third kappa shape index (κ3) is 7.00. The molecule has 0 fully saturated rings. The molecule has 0 N–H and O–H groups in total. The summed E-state index contributed by atoms with van der Waals surface area (Å²) in [5.41, 5.74) is 2.32. The molecule has 0 rings (SSSR count). The molecule has 0 atom stereocenters. The predicted octanol–water partition coefficient (Wildman–Crippen LogP) is 3.04. The monoisotopic (exact) mass is 164 g/mol. The van der Waals surface area contributed by atoms with Crippen molar-refractivity contribution in [2.24, 2.45) is 0 Å². The van der Waals surface area contributed by atoms with Crippen molar-refractivity contribution in [2.45, 2.75) is 26.7 Å². The molecule has 0 amide bonds. The molecule has 1 nitrogen and oxygen atoms in total. The minimum absolute atomic E-state index is 0.770. The van der Waals surface area contributed by atoms with E-state index in [2.05, 4.69) is 26.5 Å². The molecule has 12 heavy (non-hydrogen) atoms. The van der Waals surface area contributed by atoms with Crippen LogP contribution >= 0.6 is 0 Å². The van der Waals surface area contributed by atoms with Crippen molar-refractivity contribution >= 4 is 6.29 Å². The summed E-state index contributed by atoms with van der Waals surface area (Å²) in [6.07, 6.45) is 8.10. The SMILES string of the molecule is C=C(/C=C/C=O)CCC=C(C)C. The van der Waals surface area contributed by atoms with Crippen LogP contribution in [0.15, 0.2) is 36.0 Å². The molecular weight excluding hydrogens is 148 g/mol. The average molecular weight is 164 g/mol. The lowest BCUT2D eigenvalue weighted by Gasteiger charge is -1.95. The number of aldehydes is 1. The Morgan fingerprint density at radius 1 is 1.42 bits per heavy atom. The predicted molar refractivity (Wildman–Crippen MR) is 53.0 cm³/mol. The van der Waals surface area contributed by atoms with E-state index >= 15 is 0 Å². The maximum Gasteiger partial charge on any atom is 0.142 e. The first-order chi connectivity index (χ1) is 5.66. The van der Waals surface area contributed by atoms with Crippen molar-refractivity contribution in [1.82, 2.24) is 0 Å². The second-order valence-corrected chi connectivity index (χ2v) is 2.97. The summed E-state index contributed by atoms with van der Waals surface area (Å²) < 4.78 is 0. The lowest BCUT2D eigenvalue weighted by atomic mass is 10.1. The van der Waals surface area contributed by atoms with Crippen LogP contribution in [0.3, 0.4) is 0 Å². The van der Waals surface area contributed by atoms with E-state index in [0.29, 0.717) is 0 Å². The molecule has 0 radical (unpaired) electrons. The number of hydrogen-bond acceptors (Lipinski definition) is 1. The van der Waals surface area contributed by atoms with Crippen LogP contribution in [0.1, 0.15) is 26.7 Å². The molecule has 0 heterocycles. The first-order valence-corrected chi connectivity index (χ1v) is 4.10. The van der Waals surface area contributed by atoms with Gasteiger partial charge in [-0.25, -0.2) is 0 Å². The summed E-state index contributed by atoms with van der Waals surface area (Å²) in [5.74, 6) is 0. The molecule has 0 aromatic heterocycles. The van der Waals surface area contributed by atoms with Gasteiger partial charge in [-0.05, 0) is 32.8 Å². The molecule has 0 aromatic rings. The second-order valence-electron chi connectivity index (χ2n) is 2.97. The van der Waals surface area contributed by atoms with Crippen molar-refractivity contribution in [3.05, 3.63) is 36.0 Å². The minimum Gasteiger partial charge on any atom is -0.299 e. The Kier molecular flexibility index (Phi) is 5.98. The van der Waals surface area contributed by atoms with E-state index in [-0.39, 0.29) is 0 Å². The van der Waals surface area contributed by atoms with Crippen LogP contribution in [0, 0.1) is 0 Å². The van der Waals surface area contributed by atoms with Crippen LogP contribution in [0.2, 0.25) is 0 Å². The first kappa shape index (κ1) is 10.9. The van der Waals surface area contributed by atoms with Gasteiger partial charge in [0.1, 0.15) is 6.29 Å². The van der Waals surface area contributed by atoms with Gasteiger partial charge in [-0.3, -0.25) is 4.79 Å². The molecule has 0 unspecified atom stereocenters. The summed E-state index contributed by atoms with van der Waals surface area (Å²) >= 11 is 0. The largest absolute Gasteiger partial charge is 0.299 e. The molecule has 0 spiro atoms. The average Bonchev–Trinajstić information content (AvgIpc) is 2.00. The molecule has 0 saturated heterocycles. The number of carbonyl (C=O) groups is 1. The van der Waals surface area contributed by atoms with Crippen molar-refractivity contribution in [1.29, 1.82) is 0 Å². The quantitative estimate of drug-likeness (QED) is 0.264. The molecule has 0 aromatic carbocycles. The van der Waals surface area contributed by atoms with Crippen LogP contribution in [0.25, 0.3) is 0 Å². The third-order valence-corrected chi connectivity index (χ3v) is 1.43. The molecule has 0 bridgehead atoms. The van der Waals surface area contributed by atoms with E-state index < -0.39 is 0 Å². The zero-order valence-corrected chi connectivity index (χ0v) is 7.84. The maximum atomic E-state index is 9.95. The van der Waals surface area contributed by atoms with Crippen molar-refractivity contribution in [2.75, 3.05) is 0 Å². The fraction of sp³-hybridized carbons (Fsp3) is 0.364. The normalized spacial score (nSPS) is 9.83. The van der Waals surface area contributed by atoms with E-state index in [1.807, 2.05) is 0 Å². The Hall–Kier alpha value is -1.11. The Bertz CT molecular complexity index is 205. The highest BCUT2D eigenvalue weighted by Crippen LogP contribution is 2.05. The number of hydrogen-bond donors (Lipinski definition) is 0. The Morgan fingerprint density at radius 2 is 2.08 bits per heavy atom. The summed E-state index contributed by atoms with van der Waals surface area (Å²) in [4.78, 5) is 9.95. The topological polar surface area (TPSA) is 17.1 Å². The first-order valence-electron chi connectivity index (χ1n) is 4.10. The fourth-order valence-corrected chi connectivity index (χ4v) is 0.805. The summed E-state index contributed by atoms with van der Waals surface area (Å²) in [6.45, 7) is 7.96. The van der Waals surface area contributed by atoms with Crippen LogP contribution in [0.4, 0.5) is 0 Å². The molecule has 0 aliphatic heterocycles. The Labute approximate surface area is 74.5 Å². The lowest BCUT2D eigenvalue weighted by Crippen LogP contribution is -1.76. The van der Waals surface area contributed by atoms with E-state index in [4.69, 9.17) is 0 Å². The number of carbonyl (C=O) groups excluding carboxylic acids is 1. The van der Waals surface area contributed by atoms with Gasteiger partial charge in [0.2, 0.25) is 0 Å². The van der Waals surface area contributed by atoms with E-state index in [1.54, 1.807) is 6.08 Å². The zero-order chi connectivity index (χ0) is 9.40. The number of allylic oxidation sites excluding steroid dienone is 5. The highest BCUT2D eigenvalue weighted by atomic mass is 16.1. The van der Waals surface area contributed by atoms with Crippen molar-refractivity contribution in [3.63, 3.8) is 0 Å². The van der Waals surface area contributed by atoms with Gasteiger partial charge in [0.15, 0.2) is 0 Å². The van der Waals surface area contributed by atoms with Crippen LogP contribution in [-0.2, 0) is 4.79 Å². The van der Waals surface area contributed by atoms with Gasteiger partial charge in [0.25, 0.3) is 0 Å². The van der Waals surface area contributed by atoms with Gasteiger partial charge in [-0.1, -0.05) is 29.9 Å². The molecular formula is C11H16O. The molecule has 0 aliphatic rings. The van der Waals surface area contributed by atoms with Gasteiger partial charge >= 0.3 is 0 Å². The Morgan fingerprint density at radius 3 is 2.58 bits per heavy atom. The lowest BCUT2D eigenvalue weighted by molar-refractivity contribution is -0.104. The summed E-state index contributed by atoms with van der Waals surface area (Å²) in [7, 11) is 0. The minimum atomic E-state index is 0.770. The Balaban J connectivity index is 3.65. The van der Waals surface area contributed by atoms with Crippen LogP contribution < -0.4 is 0 Å². The van der Waals surface area contributed by atoms with Crippen LogP contribution in [-0.4, -0.2) is 6.29 Å². The number of rotatable bonds is 5. The standard InChI is InChI=1S/C11H16O/c1-10(2)6-4-7-11(3)8-5-9-12/h5-6,8-9H,3-4,7H2,1-2H3/b8-5+. The van der Waals surface area contributed by atoms with E-state index in [9.17, 15) is 4.79 Å². The van der Waals surface area contributed by atoms with Gasteiger partial charge in [-0.2, -0.15) is 0 Å². The second kappa shape index (κ2) is 6.59. The molecule has 0 saturated carbocycles. The van der Waals surface area contributed by atoms with Gasteiger partial charge in [-0.15, -0.1) is 0 Å². The highest BCUT2D eigenvalue weighted by molar-refractivity contribution is 5.65. The zero-order valence-electron chi connectivity index (χ0n) is 7.84. The highest BCUT2D eigenvalue weighted by Gasteiger charge is 1.86. The van der Waals surface area contributed by atoms with Gasteiger partial charge in [0.05, 0.1) is 0 Å². The van der Waals surface area contributed by atoms with Gasteiger partial charge in [0, 0.05) is 0 Å². The molecule has 1 heteroatoms. The van der Waals surface area contributed by atoms with E-state index in [1.165, 1.54) is 11.6 Å². The van der Waals surface area contributed by atoms with Gasteiger partial charge < -0.3 is 0 Å². The van der Waals surface area contributed by atoms with E-state index in [0.717, 1.165) is 24.7 Å². The molecule has 66 valence electrons. The summed E-state index contributed by atoms with van der Waals surface area (Å²) in [5, 5.41) is 0. The maximum absolute atomic E-state index is 9.95. The van der Waals surface area contributed by atoms with Crippen LogP contribution in [0.5, 0.6) is 0 Å². The fourth-order valence-electron chi connectivity index (χ4n) is 0.805. The van der Waals surface area contributed by atoms with Crippen molar-refractivity contribution in [3.8, 4) is 0 Å². The molecule has 0 aliphatic carbocycles. The van der Waals surface area contributed by atoms with Crippen molar-refractivity contribution < 1.29 is 4.79 Å².